The van der Waals surface area contributed by atoms with E-state index in [4.69, 9.17) is 10.5 Å². The standard InChI is InChI=1S/C20H26N2O2/c1-5-13(2)16-9-6-7-12-19(16)24-15(4)20(23)22-18-11-8-10-17(21)14(18)3/h6-13,15H,5,21H2,1-4H3,(H,22,23)/t13-,15-/m0/s1. The lowest BCUT2D eigenvalue weighted by molar-refractivity contribution is -0.122. The Bertz CT molecular complexity index is 713. The van der Waals surface area contributed by atoms with Crippen molar-refractivity contribution in [1.82, 2.24) is 0 Å². The molecule has 3 N–H and O–H groups in total. The molecule has 0 aromatic heterocycles. The Kier molecular flexibility index (Phi) is 5.85. The number of nitrogen functional groups attached to an aromatic ring is 1. The lowest BCUT2D eigenvalue weighted by Gasteiger charge is -2.20. The lowest BCUT2D eigenvalue weighted by Crippen LogP contribution is -2.30. The van der Waals surface area contributed by atoms with Gasteiger partial charge in [0.15, 0.2) is 6.10 Å². The second-order valence-corrected chi connectivity index (χ2v) is 6.12. The van der Waals surface area contributed by atoms with Crippen LogP contribution in [-0.2, 0) is 4.79 Å². The van der Waals surface area contributed by atoms with Gasteiger partial charge >= 0.3 is 0 Å². The van der Waals surface area contributed by atoms with E-state index in [9.17, 15) is 4.79 Å². The number of amides is 1. The molecule has 2 atom stereocenters. The van der Waals surface area contributed by atoms with Gasteiger partial charge in [-0.2, -0.15) is 0 Å². The number of benzene rings is 2. The number of hydrogen-bond donors (Lipinski definition) is 2. The van der Waals surface area contributed by atoms with Gasteiger partial charge in [0, 0.05) is 11.4 Å². The Balaban J connectivity index is 2.11. The van der Waals surface area contributed by atoms with Crippen molar-refractivity contribution in [3.05, 3.63) is 53.6 Å². The molecule has 128 valence electrons. The van der Waals surface area contributed by atoms with Gasteiger partial charge in [0.1, 0.15) is 5.75 Å². The molecule has 0 aliphatic rings. The zero-order valence-corrected chi connectivity index (χ0v) is 14.8. The van der Waals surface area contributed by atoms with E-state index < -0.39 is 6.10 Å². The summed E-state index contributed by atoms with van der Waals surface area (Å²) < 4.78 is 5.93. The monoisotopic (exact) mass is 326 g/mol. The van der Waals surface area contributed by atoms with Gasteiger partial charge in [-0.1, -0.05) is 38.1 Å². The molecule has 0 fully saturated rings. The second-order valence-electron chi connectivity index (χ2n) is 6.12. The van der Waals surface area contributed by atoms with Crippen LogP contribution in [0.2, 0.25) is 0 Å². The number of rotatable bonds is 6. The summed E-state index contributed by atoms with van der Waals surface area (Å²) in [4.78, 5) is 12.5. The SMILES string of the molecule is CC[C@H](C)c1ccccc1O[C@@H](C)C(=O)Nc1cccc(N)c1C. The molecular formula is C20H26N2O2. The first-order valence-corrected chi connectivity index (χ1v) is 8.35. The molecular weight excluding hydrogens is 300 g/mol. The van der Waals surface area contributed by atoms with Crippen molar-refractivity contribution in [3.63, 3.8) is 0 Å². The zero-order chi connectivity index (χ0) is 17.7. The Morgan fingerprint density at radius 3 is 2.58 bits per heavy atom. The summed E-state index contributed by atoms with van der Waals surface area (Å²) in [5.41, 5.74) is 9.24. The van der Waals surface area contributed by atoms with Crippen molar-refractivity contribution in [2.45, 2.75) is 46.1 Å². The highest BCUT2D eigenvalue weighted by Gasteiger charge is 2.18. The number of carbonyl (C=O) groups excluding carboxylic acids is 1. The lowest BCUT2D eigenvalue weighted by atomic mass is 9.98. The van der Waals surface area contributed by atoms with Crippen LogP contribution in [0.3, 0.4) is 0 Å². The van der Waals surface area contributed by atoms with E-state index in [-0.39, 0.29) is 5.91 Å². The molecule has 0 heterocycles. The van der Waals surface area contributed by atoms with Gasteiger partial charge in [-0.25, -0.2) is 0 Å². The van der Waals surface area contributed by atoms with Crippen LogP contribution < -0.4 is 15.8 Å². The van der Waals surface area contributed by atoms with Crippen LogP contribution in [0, 0.1) is 6.92 Å². The maximum absolute atomic E-state index is 12.5. The quantitative estimate of drug-likeness (QED) is 0.768. The normalized spacial score (nSPS) is 13.2. The summed E-state index contributed by atoms with van der Waals surface area (Å²) >= 11 is 0. The van der Waals surface area contributed by atoms with E-state index in [0.29, 0.717) is 17.3 Å². The van der Waals surface area contributed by atoms with E-state index in [1.165, 1.54) is 0 Å². The highest BCUT2D eigenvalue weighted by molar-refractivity contribution is 5.95. The number of nitrogens with two attached hydrogens (primary N) is 1. The molecule has 4 heteroatoms. The minimum absolute atomic E-state index is 0.192. The summed E-state index contributed by atoms with van der Waals surface area (Å²) in [5.74, 6) is 0.953. The summed E-state index contributed by atoms with van der Waals surface area (Å²) in [6.45, 7) is 7.93. The Labute approximate surface area is 144 Å². The summed E-state index contributed by atoms with van der Waals surface area (Å²) in [6.07, 6.45) is 0.416. The third-order valence-corrected chi connectivity index (χ3v) is 4.37. The fourth-order valence-corrected chi connectivity index (χ4v) is 2.48. The zero-order valence-electron chi connectivity index (χ0n) is 14.8. The van der Waals surface area contributed by atoms with Crippen molar-refractivity contribution >= 4 is 17.3 Å². The van der Waals surface area contributed by atoms with Gasteiger partial charge < -0.3 is 15.8 Å². The number of para-hydroxylation sites is 1. The Morgan fingerprint density at radius 1 is 1.17 bits per heavy atom. The summed E-state index contributed by atoms with van der Waals surface area (Å²) in [6, 6.07) is 13.4. The van der Waals surface area contributed by atoms with E-state index in [1.54, 1.807) is 6.92 Å². The first kappa shape index (κ1) is 17.9. The van der Waals surface area contributed by atoms with Gasteiger partial charge in [0.25, 0.3) is 5.91 Å². The number of carbonyl (C=O) groups is 1. The van der Waals surface area contributed by atoms with E-state index in [1.807, 2.05) is 43.3 Å². The van der Waals surface area contributed by atoms with Crippen LogP contribution in [0.1, 0.15) is 44.2 Å². The fraction of sp³-hybridized carbons (Fsp3) is 0.350. The van der Waals surface area contributed by atoms with Gasteiger partial charge in [-0.3, -0.25) is 4.79 Å². The number of hydrogen-bond acceptors (Lipinski definition) is 3. The highest BCUT2D eigenvalue weighted by atomic mass is 16.5. The molecule has 2 rings (SSSR count). The average Bonchev–Trinajstić information content (AvgIpc) is 2.58. The maximum atomic E-state index is 12.5. The van der Waals surface area contributed by atoms with Crippen LogP contribution >= 0.6 is 0 Å². The molecule has 0 unspecified atom stereocenters. The molecule has 0 bridgehead atoms. The van der Waals surface area contributed by atoms with Crippen LogP contribution in [0.15, 0.2) is 42.5 Å². The summed E-state index contributed by atoms with van der Waals surface area (Å²) in [5, 5.41) is 2.89. The van der Waals surface area contributed by atoms with E-state index in [2.05, 4.69) is 25.2 Å². The molecule has 0 aliphatic heterocycles. The molecule has 0 spiro atoms. The molecule has 2 aromatic carbocycles. The van der Waals surface area contributed by atoms with Crippen molar-refractivity contribution in [1.29, 1.82) is 0 Å². The third kappa shape index (κ3) is 4.07. The molecule has 1 amide bonds. The van der Waals surface area contributed by atoms with Crippen LogP contribution in [0.4, 0.5) is 11.4 Å². The molecule has 0 radical (unpaired) electrons. The average molecular weight is 326 g/mol. The van der Waals surface area contributed by atoms with Crippen molar-refractivity contribution < 1.29 is 9.53 Å². The Hall–Kier alpha value is -2.49. The second kappa shape index (κ2) is 7.86. The van der Waals surface area contributed by atoms with Crippen molar-refractivity contribution in [2.24, 2.45) is 0 Å². The van der Waals surface area contributed by atoms with E-state index >= 15 is 0 Å². The largest absolute Gasteiger partial charge is 0.481 e. The van der Waals surface area contributed by atoms with E-state index in [0.717, 1.165) is 23.3 Å². The van der Waals surface area contributed by atoms with Crippen LogP contribution in [0.25, 0.3) is 0 Å². The molecule has 2 aromatic rings. The maximum Gasteiger partial charge on any atom is 0.265 e. The Morgan fingerprint density at radius 2 is 1.88 bits per heavy atom. The third-order valence-electron chi connectivity index (χ3n) is 4.37. The molecule has 24 heavy (non-hydrogen) atoms. The smallest absolute Gasteiger partial charge is 0.265 e. The first-order valence-electron chi connectivity index (χ1n) is 8.35. The predicted octanol–water partition coefficient (Wildman–Crippen LogP) is 4.50. The van der Waals surface area contributed by atoms with Crippen LogP contribution in [0.5, 0.6) is 5.75 Å². The predicted molar refractivity (Wildman–Crippen MR) is 99.5 cm³/mol. The number of nitrogens with one attached hydrogen (secondary N) is 1. The molecule has 0 saturated heterocycles. The van der Waals surface area contributed by atoms with Crippen LogP contribution in [-0.4, -0.2) is 12.0 Å². The number of ether oxygens (including phenoxy) is 1. The minimum Gasteiger partial charge on any atom is -0.481 e. The molecule has 0 aliphatic carbocycles. The molecule has 4 nitrogen and oxygen atoms in total. The first-order chi connectivity index (χ1) is 11.4. The minimum atomic E-state index is -0.601. The van der Waals surface area contributed by atoms with Gasteiger partial charge in [0.05, 0.1) is 0 Å². The topological polar surface area (TPSA) is 64.3 Å². The number of anilines is 2. The summed E-state index contributed by atoms with van der Waals surface area (Å²) in [7, 11) is 0. The molecule has 0 saturated carbocycles. The van der Waals surface area contributed by atoms with Gasteiger partial charge in [-0.05, 0) is 55.5 Å². The van der Waals surface area contributed by atoms with Gasteiger partial charge in [0.2, 0.25) is 0 Å². The van der Waals surface area contributed by atoms with Crippen molar-refractivity contribution in [2.75, 3.05) is 11.1 Å². The highest BCUT2D eigenvalue weighted by Crippen LogP contribution is 2.29. The van der Waals surface area contributed by atoms with Crippen molar-refractivity contribution in [3.8, 4) is 5.75 Å². The van der Waals surface area contributed by atoms with Gasteiger partial charge in [-0.15, -0.1) is 0 Å². The fourth-order valence-electron chi connectivity index (χ4n) is 2.48.